The average Bonchev–Trinajstić information content (AvgIpc) is 2.87. The van der Waals surface area contributed by atoms with E-state index in [1.54, 1.807) is 0 Å². The molecule has 7 heteroatoms. The molecule has 0 amide bonds. The Bertz CT molecular complexity index is 583. The summed E-state index contributed by atoms with van der Waals surface area (Å²) in [5.41, 5.74) is 2.53. The Morgan fingerprint density at radius 3 is 1.86 bits per heavy atom. The molecular weight excluding hydrogens is 563 g/mol. The maximum absolute atomic E-state index is 3.67. The smallest absolute Gasteiger partial charge is 0.161 e. The molecule has 1 unspecified atom stereocenters. The molecule has 2 aromatic rings. The number of nitrogens with zero attached hydrogens (tertiary/aromatic N) is 1. The van der Waals surface area contributed by atoms with Gasteiger partial charge in [0.05, 0.1) is 21.2 Å². The molecule has 1 atom stereocenters. The zero-order valence-electron chi connectivity index (χ0n) is 11.4. The molecule has 2 nitrogen and oxygen atoms in total. The Labute approximate surface area is 170 Å². The van der Waals surface area contributed by atoms with Crippen molar-refractivity contribution >= 4 is 75.1 Å². The van der Waals surface area contributed by atoms with Crippen molar-refractivity contribution in [1.82, 2.24) is 0 Å². The summed E-state index contributed by atoms with van der Waals surface area (Å²) in [5, 5.41) is 0. The van der Waals surface area contributed by atoms with Crippen molar-refractivity contribution in [1.29, 1.82) is 0 Å². The summed E-state index contributed by atoms with van der Waals surface area (Å²) in [5.74, 6) is 0. The van der Waals surface area contributed by atoms with Crippen molar-refractivity contribution in [2.24, 2.45) is 0 Å². The van der Waals surface area contributed by atoms with Gasteiger partial charge in [0.2, 0.25) is 0 Å². The number of anilines is 1. The molecule has 0 saturated carbocycles. The summed E-state index contributed by atoms with van der Waals surface area (Å²) < 4.78 is 4.56. The highest BCUT2D eigenvalue weighted by Crippen LogP contribution is 2.34. The van der Waals surface area contributed by atoms with Crippen molar-refractivity contribution in [3.8, 4) is 0 Å². The van der Waals surface area contributed by atoms with Crippen molar-refractivity contribution in [3.63, 3.8) is 0 Å². The standard InChI is InChI=1S/C15H12Br4N2.ClH/c16-10-3-1-4-11(17)14(10)20-7-8-21(9-20)15-12(18)5-2-6-13(15)19;/h1-6H,7-9H2;1H. The highest BCUT2D eigenvalue weighted by atomic mass is 79.9. The largest absolute Gasteiger partial charge is 1.00 e. The van der Waals surface area contributed by atoms with Crippen LogP contribution in [0.2, 0.25) is 0 Å². The van der Waals surface area contributed by atoms with Crippen LogP contribution in [-0.2, 0) is 0 Å². The van der Waals surface area contributed by atoms with Gasteiger partial charge in [0.1, 0.15) is 6.54 Å². The van der Waals surface area contributed by atoms with Gasteiger partial charge in [0.25, 0.3) is 0 Å². The van der Waals surface area contributed by atoms with Gasteiger partial charge < -0.3 is 17.3 Å². The number of halogens is 5. The predicted molar refractivity (Wildman–Crippen MR) is 101 cm³/mol. The minimum absolute atomic E-state index is 0. The van der Waals surface area contributed by atoms with E-state index in [0.29, 0.717) is 0 Å². The van der Waals surface area contributed by atoms with E-state index in [9.17, 15) is 0 Å². The first-order valence-corrected chi connectivity index (χ1v) is 9.73. The third kappa shape index (κ3) is 3.73. The third-order valence-electron chi connectivity index (χ3n) is 3.64. The molecule has 1 aliphatic heterocycles. The van der Waals surface area contributed by atoms with Crippen LogP contribution in [0.5, 0.6) is 0 Å². The van der Waals surface area contributed by atoms with Crippen LogP contribution in [-0.4, -0.2) is 19.8 Å². The third-order valence-corrected chi connectivity index (χ3v) is 6.24. The Hall–Kier alpha value is 0.410. The van der Waals surface area contributed by atoms with E-state index < -0.39 is 0 Å². The first-order valence-electron chi connectivity index (χ1n) is 6.56. The second-order valence-corrected chi connectivity index (χ2v) is 8.36. The highest BCUT2D eigenvalue weighted by Gasteiger charge is 2.30. The van der Waals surface area contributed by atoms with Gasteiger partial charge in [0.15, 0.2) is 12.4 Å². The lowest BCUT2D eigenvalue weighted by atomic mass is 10.3. The molecule has 0 bridgehead atoms. The van der Waals surface area contributed by atoms with Crippen LogP contribution in [0.15, 0.2) is 54.3 Å². The van der Waals surface area contributed by atoms with Crippen LogP contribution < -0.4 is 22.2 Å². The lowest BCUT2D eigenvalue weighted by Crippen LogP contribution is -3.06. The number of quaternary nitrogens is 1. The molecule has 1 aliphatic rings. The van der Waals surface area contributed by atoms with Crippen LogP contribution in [0.4, 0.5) is 11.4 Å². The molecule has 2 aromatic carbocycles. The Kier molecular flexibility index (Phi) is 6.81. The summed E-state index contributed by atoms with van der Waals surface area (Å²) >= 11 is 14.7. The molecule has 0 radical (unpaired) electrons. The molecule has 1 fully saturated rings. The maximum atomic E-state index is 3.67. The Morgan fingerprint density at radius 1 is 0.818 bits per heavy atom. The Morgan fingerprint density at radius 2 is 1.32 bits per heavy atom. The molecule has 0 spiro atoms. The van der Waals surface area contributed by atoms with Gasteiger partial charge in [-0.05, 0) is 88.0 Å². The lowest BCUT2D eigenvalue weighted by Gasteiger charge is -2.20. The van der Waals surface area contributed by atoms with Gasteiger partial charge in [-0.2, -0.15) is 0 Å². The number of hydrogen-bond acceptors (Lipinski definition) is 1. The molecule has 0 aliphatic carbocycles. The molecule has 22 heavy (non-hydrogen) atoms. The number of rotatable bonds is 2. The van der Waals surface area contributed by atoms with Crippen LogP contribution in [0.25, 0.3) is 0 Å². The van der Waals surface area contributed by atoms with Crippen LogP contribution in [0.1, 0.15) is 0 Å². The van der Waals surface area contributed by atoms with Crippen LogP contribution in [0, 0.1) is 0 Å². The second kappa shape index (κ2) is 7.99. The zero-order chi connectivity index (χ0) is 15.0. The van der Waals surface area contributed by atoms with Crippen molar-refractivity contribution in [2.75, 3.05) is 24.7 Å². The Balaban J connectivity index is 0.00000176. The quantitative estimate of drug-likeness (QED) is 0.573. The van der Waals surface area contributed by atoms with Crippen LogP contribution in [0.3, 0.4) is 0 Å². The van der Waals surface area contributed by atoms with E-state index in [1.165, 1.54) is 16.3 Å². The fourth-order valence-electron chi connectivity index (χ4n) is 2.68. The summed E-state index contributed by atoms with van der Waals surface area (Å²) in [6.07, 6.45) is 0. The first kappa shape index (κ1) is 18.7. The van der Waals surface area contributed by atoms with E-state index in [4.69, 9.17) is 0 Å². The van der Waals surface area contributed by atoms with Gasteiger partial charge in [-0.25, -0.2) is 0 Å². The maximum Gasteiger partial charge on any atom is 0.161 e. The van der Waals surface area contributed by atoms with Gasteiger partial charge in [-0.3, -0.25) is 4.90 Å². The van der Waals surface area contributed by atoms with E-state index in [2.05, 4.69) is 99.0 Å². The molecule has 0 aromatic heterocycles. The fraction of sp³-hybridized carbons (Fsp3) is 0.200. The summed E-state index contributed by atoms with van der Waals surface area (Å²) in [7, 11) is 0. The molecule has 1 heterocycles. The fourth-order valence-corrected chi connectivity index (χ4v) is 5.74. The van der Waals surface area contributed by atoms with Crippen LogP contribution >= 0.6 is 63.7 Å². The van der Waals surface area contributed by atoms with Crippen molar-refractivity contribution in [3.05, 3.63) is 54.3 Å². The minimum Gasteiger partial charge on any atom is -1.00 e. The molecule has 1 N–H and O–H groups in total. The predicted octanol–water partition coefficient (Wildman–Crippen LogP) is 1.73. The minimum atomic E-state index is 0. The molecule has 1 saturated heterocycles. The summed E-state index contributed by atoms with van der Waals surface area (Å²) in [6, 6.07) is 12.5. The second-order valence-electron chi connectivity index (χ2n) is 4.94. The molecule has 118 valence electrons. The normalized spacial score (nSPS) is 17.5. The molecule has 3 rings (SSSR count). The monoisotopic (exact) mass is 572 g/mol. The average molecular weight is 576 g/mol. The first-order chi connectivity index (χ1) is 10.1. The summed E-state index contributed by atoms with van der Waals surface area (Å²) in [6.45, 7) is 3.06. The topological polar surface area (TPSA) is 7.68 Å². The number of benzene rings is 2. The van der Waals surface area contributed by atoms with E-state index in [-0.39, 0.29) is 12.4 Å². The summed E-state index contributed by atoms with van der Waals surface area (Å²) in [4.78, 5) is 3.87. The van der Waals surface area contributed by atoms with Crippen molar-refractivity contribution < 1.29 is 17.3 Å². The highest BCUT2D eigenvalue weighted by molar-refractivity contribution is 9.11. The van der Waals surface area contributed by atoms with E-state index in [0.717, 1.165) is 37.6 Å². The zero-order valence-corrected chi connectivity index (χ0v) is 18.5. The van der Waals surface area contributed by atoms with E-state index in [1.807, 2.05) is 6.07 Å². The van der Waals surface area contributed by atoms with Gasteiger partial charge >= 0.3 is 0 Å². The number of nitrogens with one attached hydrogen (secondary N) is 1. The van der Waals surface area contributed by atoms with E-state index >= 15 is 0 Å². The lowest BCUT2D eigenvalue weighted by molar-refractivity contribution is -0.818. The number of hydrogen-bond donors (Lipinski definition) is 1. The van der Waals surface area contributed by atoms with Gasteiger partial charge in [-0.15, -0.1) is 0 Å². The SMILES string of the molecule is Brc1cccc(Br)c1N1CC[NH+](c2c(Br)cccc2Br)C1.[Cl-]. The van der Waals surface area contributed by atoms with Gasteiger partial charge in [-0.1, -0.05) is 12.1 Å². The molecular formula is C15H13Br4ClN2. The van der Waals surface area contributed by atoms with Crippen molar-refractivity contribution in [2.45, 2.75) is 0 Å². The van der Waals surface area contributed by atoms with Gasteiger partial charge in [0, 0.05) is 8.95 Å². The number of para-hydroxylation sites is 2.